The van der Waals surface area contributed by atoms with Crippen molar-refractivity contribution in [2.45, 2.75) is 64.5 Å². The van der Waals surface area contributed by atoms with E-state index in [0.29, 0.717) is 54.3 Å². The zero-order valence-electron chi connectivity index (χ0n) is 31.9. The lowest BCUT2D eigenvalue weighted by molar-refractivity contribution is -0.160. The van der Waals surface area contributed by atoms with Crippen LogP contribution in [0.1, 0.15) is 53.1 Å². The number of nitriles is 1. The highest BCUT2D eigenvalue weighted by Crippen LogP contribution is 2.36. The van der Waals surface area contributed by atoms with Crippen molar-refractivity contribution in [2.75, 3.05) is 40.0 Å². The van der Waals surface area contributed by atoms with Crippen LogP contribution in [0.3, 0.4) is 0 Å². The van der Waals surface area contributed by atoms with Gasteiger partial charge in [-0.15, -0.1) is 0 Å². The third kappa shape index (κ3) is 9.95. The number of aliphatic hydroxyl groups excluding tert-OH is 1. The quantitative estimate of drug-likeness (QED) is 0.0749. The molecule has 0 radical (unpaired) electrons. The fourth-order valence-corrected chi connectivity index (χ4v) is 6.72. The van der Waals surface area contributed by atoms with Crippen LogP contribution in [0.25, 0.3) is 11.1 Å². The number of β-amino-alcohol motifs (C(OH)–C–C–N with tert-alkyl or cyclic N) is 1. The van der Waals surface area contributed by atoms with Crippen molar-refractivity contribution in [3.8, 4) is 34.4 Å². The Morgan fingerprint density at radius 3 is 2.45 bits per heavy atom. The number of aliphatic hydroxyl groups is 2. The molecule has 0 saturated carbocycles. The highest BCUT2D eigenvalue weighted by Gasteiger charge is 2.43. The van der Waals surface area contributed by atoms with Crippen molar-refractivity contribution < 1.29 is 43.9 Å². The molecule has 4 N–H and O–H groups in total. The summed E-state index contributed by atoms with van der Waals surface area (Å²) >= 11 is 6.73. The lowest BCUT2D eigenvalue weighted by atomic mass is 9.93. The number of halogens is 1. The number of pyridine rings is 1. The Balaban J connectivity index is 1.29. The molecule has 0 aliphatic carbocycles. The fourth-order valence-electron chi connectivity index (χ4n) is 6.48. The van der Waals surface area contributed by atoms with E-state index in [9.17, 15) is 30.2 Å². The summed E-state index contributed by atoms with van der Waals surface area (Å²) in [6.45, 7) is 7.05. The number of esters is 1. The topological polar surface area (TPSA) is 184 Å². The van der Waals surface area contributed by atoms with E-state index in [4.69, 9.17) is 30.5 Å². The second-order valence-electron chi connectivity index (χ2n) is 14.1. The van der Waals surface area contributed by atoms with Gasteiger partial charge in [-0.3, -0.25) is 20.0 Å². The molecule has 0 amide bonds. The summed E-state index contributed by atoms with van der Waals surface area (Å²) in [5.74, 6) is -0.336. The Labute approximate surface area is 331 Å². The van der Waals surface area contributed by atoms with Gasteiger partial charge in [0.05, 0.1) is 30.9 Å². The normalized spacial score (nSPS) is 16.5. The summed E-state index contributed by atoms with van der Waals surface area (Å²) in [5.41, 5.74) is 3.46. The standard InChI is InChI=1S/C42H47ClN4O9/c1-27-31(8-5-9-33(27)34-10-6-11-36(28(34)2)54-15-7-13-47-14-12-42(52,25-47)40(51)53-4)24-56-38-18-37(55-23-30-16-29(19-44)20-45-21-30)32(17-35(38)43)22-46-41(3,26-48)39(49)50/h5-6,8-11,16-18,20-21,46,48,52H,7,12-15,22-26H2,1-4H3,(H,49,50)/t41-,42?/m1/s1. The number of methoxy groups -OCH3 is 1. The number of carboxylic acid groups (broad SMARTS) is 1. The molecule has 1 saturated heterocycles. The minimum atomic E-state index is -1.60. The monoisotopic (exact) mass is 786 g/mol. The molecule has 2 atom stereocenters. The zero-order valence-corrected chi connectivity index (χ0v) is 32.7. The second-order valence-corrected chi connectivity index (χ2v) is 14.5. The van der Waals surface area contributed by atoms with Gasteiger partial charge >= 0.3 is 11.9 Å². The maximum Gasteiger partial charge on any atom is 0.339 e. The molecule has 1 fully saturated rings. The summed E-state index contributed by atoms with van der Waals surface area (Å²) in [6.07, 6.45) is 4.10. The van der Waals surface area contributed by atoms with Crippen molar-refractivity contribution in [1.82, 2.24) is 15.2 Å². The number of likely N-dealkylation sites (tertiary alicyclic amines) is 1. The molecule has 1 unspecified atom stereocenters. The highest BCUT2D eigenvalue weighted by molar-refractivity contribution is 6.32. The zero-order chi connectivity index (χ0) is 40.5. The van der Waals surface area contributed by atoms with Crippen LogP contribution in [-0.4, -0.2) is 88.2 Å². The van der Waals surface area contributed by atoms with Crippen LogP contribution < -0.4 is 19.5 Å². The average molecular weight is 787 g/mol. The molecular formula is C42H47ClN4O9. The molecule has 296 valence electrons. The van der Waals surface area contributed by atoms with Crippen molar-refractivity contribution in [3.63, 3.8) is 0 Å². The number of benzene rings is 3. The Hall–Kier alpha value is -5.23. The van der Waals surface area contributed by atoms with E-state index in [1.54, 1.807) is 24.4 Å². The molecule has 1 aliphatic heterocycles. The minimum Gasteiger partial charge on any atom is -0.493 e. The molecule has 13 nitrogen and oxygen atoms in total. The van der Waals surface area contributed by atoms with Crippen LogP contribution in [0, 0.1) is 25.2 Å². The lowest BCUT2D eigenvalue weighted by Gasteiger charge is -2.25. The van der Waals surface area contributed by atoms with E-state index in [1.807, 2.05) is 49.1 Å². The van der Waals surface area contributed by atoms with Gasteiger partial charge in [-0.05, 0) is 73.2 Å². The summed E-state index contributed by atoms with van der Waals surface area (Å²) in [7, 11) is 1.28. The first-order valence-corrected chi connectivity index (χ1v) is 18.5. The van der Waals surface area contributed by atoms with E-state index >= 15 is 0 Å². The van der Waals surface area contributed by atoms with Crippen LogP contribution in [0.5, 0.6) is 17.2 Å². The van der Waals surface area contributed by atoms with Crippen LogP contribution in [0.2, 0.25) is 5.02 Å². The molecule has 1 aromatic heterocycles. The SMILES string of the molecule is COC(=O)C1(O)CCN(CCCOc2cccc(-c3cccc(COc4cc(OCc5cncc(C#N)c5)c(CN[C@](C)(CO)C(=O)O)cc4Cl)c3C)c2C)C1. The van der Waals surface area contributed by atoms with Crippen molar-refractivity contribution in [1.29, 1.82) is 5.26 Å². The number of ether oxygens (including phenoxy) is 4. The molecule has 1 aliphatic rings. The Kier molecular flexibility index (Phi) is 13.9. The van der Waals surface area contributed by atoms with Gasteiger partial charge in [-0.1, -0.05) is 41.9 Å². The number of aliphatic carboxylic acids is 1. The number of rotatable bonds is 18. The molecule has 2 heterocycles. The molecule has 5 rings (SSSR count). The summed E-state index contributed by atoms with van der Waals surface area (Å²) in [4.78, 5) is 29.9. The van der Waals surface area contributed by atoms with E-state index < -0.39 is 29.7 Å². The Morgan fingerprint density at radius 2 is 1.73 bits per heavy atom. The van der Waals surface area contributed by atoms with Crippen molar-refractivity contribution in [2.24, 2.45) is 0 Å². The third-order valence-electron chi connectivity index (χ3n) is 10.1. The Bertz CT molecular complexity index is 2090. The predicted octanol–water partition coefficient (Wildman–Crippen LogP) is 5.35. The number of nitrogens with zero attached hydrogens (tertiary/aromatic N) is 3. The first kappa shape index (κ1) is 41.9. The van der Waals surface area contributed by atoms with Crippen LogP contribution in [-0.2, 0) is 34.1 Å². The fraction of sp³-hybridized carbons (Fsp3) is 0.381. The molecule has 4 aromatic rings. The van der Waals surface area contributed by atoms with Gasteiger partial charge in [-0.2, -0.15) is 5.26 Å². The van der Waals surface area contributed by atoms with Gasteiger partial charge < -0.3 is 34.3 Å². The largest absolute Gasteiger partial charge is 0.493 e. The van der Waals surface area contributed by atoms with E-state index in [0.717, 1.165) is 40.0 Å². The number of carboxylic acids is 1. The van der Waals surface area contributed by atoms with E-state index in [2.05, 4.69) is 22.4 Å². The number of hydrogen-bond donors (Lipinski definition) is 4. The van der Waals surface area contributed by atoms with Gasteiger partial charge in [0, 0.05) is 62.2 Å². The molecule has 56 heavy (non-hydrogen) atoms. The van der Waals surface area contributed by atoms with Gasteiger partial charge in [0.25, 0.3) is 0 Å². The lowest BCUT2D eigenvalue weighted by Crippen LogP contribution is -2.52. The summed E-state index contributed by atoms with van der Waals surface area (Å²) < 4.78 is 23.4. The Morgan fingerprint density at radius 1 is 1.00 bits per heavy atom. The highest BCUT2D eigenvalue weighted by atomic mass is 35.5. The number of hydrogen-bond acceptors (Lipinski definition) is 12. The van der Waals surface area contributed by atoms with Crippen molar-refractivity contribution >= 4 is 23.5 Å². The summed E-state index contributed by atoms with van der Waals surface area (Å²) in [6, 6.07) is 18.9. The van der Waals surface area contributed by atoms with Crippen LogP contribution in [0.15, 0.2) is 67.0 Å². The first-order valence-electron chi connectivity index (χ1n) is 18.2. The maximum absolute atomic E-state index is 11.9. The average Bonchev–Trinajstić information content (AvgIpc) is 3.59. The van der Waals surface area contributed by atoms with Gasteiger partial charge in [0.1, 0.15) is 42.1 Å². The number of aromatic nitrogens is 1. The van der Waals surface area contributed by atoms with Gasteiger partial charge in [-0.25, -0.2) is 4.79 Å². The molecular weight excluding hydrogens is 740 g/mol. The van der Waals surface area contributed by atoms with E-state index in [1.165, 1.54) is 20.2 Å². The third-order valence-corrected chi connectivity index (χ3v) is 10.4. The van der Waals surface area contributed by atoms with Gasteiger partial charge in [0.2, 0.25) is 0 Å². The van der Waals surface area contributed by atoms with Crippen LogP contribution in [0.4, 0.5) is 0 Å². The van der Waals surface area contributed by atoms with E-state index in [-0.39, 0.29) is 31.3 Å². The molecule has 0 spiro atoms. The second kappa shape index (κ2) is 18.6. The van der Waals surface area contributed by atoms with Gasteiger partial charge in [0.15, 0.2) is 5.60 Å². The first-order chi connectivity index (χ1) is 26.8. The van der Waals surface area contributed by atoms with Crippen LogP contribution >= 0.6 is 11.6 Å². The minimum absolute atomic E-state index is 0.0122. The smallest absolute Gasteiger partial charge is 0.339 e. The number of nitrogens with one attached hydrogen (secondary N) is 1. The van der Waals surface area contributed by atoms with Crippen molar-refractivity contribution in [3.05, 3.63) is 105 Å². The predicted molar refractivity (Wildman–Crippen MR) is 209 cm³/mol. The summed E-state index contributed by atoms with van der Waals surface area (Å²) in [5, 5.41) is 42.4. The maximum atomic E-state index is 11.9. The molecule has 3 aromatic carbocycles. The number of carbonyl (C=O) groups is 2. The molecule has 14 heteroatoms. The number of carbonyl (C=O) groups excluding carboxylic acids is 1. The molecule has 0 bridgehead atoms.